The number of aliphatic hydroxyl groups is 1. The number of carbonyl (C=O) groups is 1. The number of hydrogen-bond acceptors (Lipinski definition) is 5. The predicted octanol–water partition coefficient (Wildman–Crippen LogP) is 8.43. The molecule has 0 saturated carbocycles. The summed E-state index contributed by atoms with van der Waals surface area (Å²) in [6.07, 6.45) is 5.46. The van der Waals surface area contributed by atoms with Gasteiger partial charge in [-0.2, -0.15) is 0 Å². The maximum Gasteiger partial charge on any atom is 0.254 e. The lowest BCUT2D eigenvalue weighted by molar-refractivity contribution is -0.114. The number of nitrogens with zero attached hydrogens (tertiary/aromatic N) is 1. The topological polar surface area (TPSA) is 52.6 Å². The van der Waals surface area contributed by atoms with Crippen LogP contribution < -0.4 is 10.2 Å². The van der Waals surface area contributed by atoms with Crippen LogP contribution in [0.3, 0.4) is 0 Å². The van der Waals surface area contributed by atoms with Gasteiger partial charge in [-0.3, -0.25) is 4.79 Å². The smallest absolute Gasteiger partial charge is 0.254 e. The Hall–Kier alpha value is -2.83. The van der Waals surface area contributed by atoms with Gasteiger partial charge >= 0.3 is 0 Å². The highest BCUT2D eigenvalue weighted by molar-refractivity contribution is 8.76. The molecule has 0 aliphatic heterocycles. The van der Waals surface area contributed by atoms with Crippen molar-refractivity contribution in [2.24, 2.45) is 0 Å². The molecule has 0 unspecified atom stereocenters. The van der Waals surface area contributed by atoms with Crippen LogP contribution in [0.15, 0.2) is 94.7 Å². The maximum atomic E-state index is 13.3. The number of unbranched alkanes of at least 4 members (excludes halogenated alkanes) is 2. The van der Waals surface area contributed by atoms with Crippen LogP contribution in [-0.4, -0.2) is 24.1 Å². The minimum absolute atomic E-state index is 0.0244. The Balaban J connectivity index is 1.82. The van der Waals surface area contributed by atoms with Gasteiger partial charge in [0.15, 0.2) is 0 Å². The fourth-order valence-electron chi connectivity index (χ4n) is 3.48. The van der Waals surface area contributed by atoms with E-state index in [1.165, 1.54) is 6.08 Å². The Kier molecular flexibility index (Phi) is 11.1. The summed E-state index contributed by atoms with van der Waals surface area (Å²) in [7, 11) is 3.34. The van der Waals surface area contributed by atoms with Crippen molar-refractivity contribution in [3.63, 3.8) is 0 Å². The Bertz CT molecular complexity index is 1100. The molecule has 0 aliphatic rings. The molecular weight excluding hydrogens is 472 g/mol. The van der Waals surface area contributed by atoms with Gasteiger partial charge in [-0.25, -0.2) is 0 Å². The Labute approximate surface area is 217 Å². The van der Waals surface area contributed by atoms with Crippen LogP contribution in [0.25, 0.3) is 5.76 Å². The molecule has 184 valence electrons. The second kappa shape index (κ2) is 14.5. The van der Waals surface area contributed by atoms with E-state index in [1.54, 1.807) is 38.6 Å². The first-order chi connectivity index (χ1) is 17.1. The van der Waals surface area contributed by atoms with Gasteiger partial charge in [0.2, 0.25) is 0 Å². The lowest BCUT2D eigenvalue weighted by atomic mass is 10.1. The third-order valence-corrected chi connectivity index (χ3v) is 7.91. The molecule has 0 fully saturated rings. The van der Waals surface area contributed by atoms with Crippen molar-refractivity contribution in [3.05, 3.63) is 90.5 Å². The van der Waals surface area contributed by atoms with Gasteiger partial charge in [-0.1, -0.05) is 103 Å². The first-order valence-electron chi connectivity index (χ1n) is 12.2. The molecule has 6 heteroatoms. The number of aliphatic hydroxyl groups excluding tert-OH is 1. The molecule has 0 saturated heterocycles. The minimum atomic E-state index is -0.223. The van der Waals surface area contributed by atoms with E-state index < -0.39 is 0 Å². The third-order valence-electron chi connectivity index (χ3n) is 5.44. The van der Waals surface area contributed by atoms with E-state index in [1.807, 2.05) is 54.6 Å². The lowest BCUT2D eigenvalue weighted by Crippen LogP contribution is -2.31. The van der Waals surface area contributed by atoms with E-state index >= 15 is 0 Å². The van der Waals surface area contributed by atoms with Crippen molar-refractivity contribution in [1.82, 2.24) is 0 Å². The van der Waals surface area contributed by atoms with Gasteiger partial charge in [-0.05, 0) is 37.1 Å². The predicted molar refractivity (Wildman–Crippen MR) is 152 cm³/mol. The Morgan fingerprint density at radius 1 is 0.857 bits per heavy atom. The Morgan fingerprint density at radius 2 is 1.49 bits per heavy atom. The van der Waals surface area contributed by atoms with Crippen LogP contribution in [0.5, 0.6) is 0 Å². The number of benzene rings is 3. The second-order valence-electron chi connectivity index (χ2n) is 8.15. The van der Waals surface area contributed by atoms with E-state index in [4.69, 9.17) is 0 Å². The number of para-hydroxylation sites is 2. The van der Waals surface area contributed by atoms with Crippen molar-refractivity contribution in [1.29, 1.82) is 0 Å². The van der Waals surface area contributed by atoms with E-state index in [2.05, 4.69) is 31.3 Å². The van der Waals surface area contributed by atoms with Crippen molar-refractivity contribution in [2.75, 3.05) is 23.3 Å². The zero-order valence-corrected chi connectivity index (χ0v) is 22.1. The van der Waals surface area contributed by atoms with E-state index in [0.29, 0.717) is 12.1 Å². The summed E-state index contributed by atoms with van der Waals surface area (Å²) in [6, 6.07) is 25.5. The van der Waals surface area contributed by atoms with Gasteiger partial charge in [0, 0.05) is 40.2 Å². The minimum Gasteiger partial charge on any atom is -0.507 e. The first-order valence-corrected chi connectivity index (χ1v) is 14.3. The lowest BCUT2D eigenvalue weighted by Gasteiger charge is -2.24. The molecule has 1 amide bonds. The molecule has 3 rings (SSSR count). The van der Waals surface area contributed by atoms with Gasteiger partial charge < -0.3 is 15.3 Å². The van der Waals surface area contributed by atoms with Crippen molar-refractivity contribution in [3.8, 4) is 0 Å². The van der Waals surface area contributed by atoms with Crippen LogP contribution in [0.2, 0.25) is 0 Å². The normalized spacial score (nSPS) is 11.3. The highest BCUT2D eigenvalue weighted by Gasteiger charge is 2.19. The maximum absolute atomic E-state index is 13.3. The van der Waals surface area contributed by atoms with Crippen LogP contribution in [0.1, 0.15) is 45.1 Å². The molecule has 0 aromatic heterocycles. The summed E-state index contributed by atoms with van der Waals surface area (Å²) < 4.78 is 0. The standard InChI is InChI=1S/C29H34N2O2S2/c1-3-5-20-30-24-16-10-12-18-27(24)34-35-28-19-13-11-17-25(28)31(21-6-4-2)29(33)22-26(32)23-14-8-7-9-15-23/h7-19,22,30,32H,3-6,20-21H2,1-2H3/b26-22-. The van der Waals surface area contributed by atoms with E-state index in [0.717, 1.165) is 53.4 Å². The molecule has 0 spiro atoms. The van der Waals surface area contributed by atoms with Gasteiger partial charge in [0.1, 0.15) is 5.76 Å². The summed E-state index contributed by atoms with van der Waals surface area (Å²) in [4.78, 5) is 17.3. The van der Waals surface area contributed by atoms with Gasteiger partial charge in [0.05, 0.1) is 5.69 Å². The molecule has 0 aliphatic carbocycles. The number of anilines is 2. The van der Waals surface area contributed by atoms with Gasteiger partial charge in [0.25, 0.3) is 5.91 Å². The molecule has 0 bridgehead atoms. The number of hydrogen-bond donors (Lipinski definition) is 2. The average molecular weight is 507 g/mol. The van der Waals surface area contributed by atoms with E-state index in [9.17, 15) is 9.90 Å². The zero-order chi connectivity index (χ0) is 24.9. The molecular formula is C29H34N2O2S2. The molecule has 0 radical (unpaired) electrons. The van der Waals surface area contributed by atoms with Crippen LogP contribution in [0.4, 0.5) is 11.4 Å². The second-order valence-corrected chi connectivity index (χ2v) is 10.4. The molecule has 4 nitrogen and oxygen atoms in total. The molecule has 2 N–H and O–H groups in total. The number of rotatable bonds is 13. The quantitative estimate of drug-likeness (QED) is 0.105. The summed E-state index contributed by atoms with van der Waals surface area (Å²) in [6.45, 7) is 5.84. The third kappa shape index (κ3) is 8.11. The summed E-state index contributed by atoms with van der Waals surface area (Å²) in [5.41, 5.74) is 2.62. The van der Waals surface area contributed by atoms with Crippen molar-refractivity contribution in [2.45, 2.75) is 49.3 Å². The van der Waals surface area contributed by atoms with E-state index in [-0.39, 0.29) is 11.7 Å². The SMILES string of the molecule is CCCCNc1ccccc1SSc1ccccc1N(CCCC)C(=O)/C=C(\O)c1ccccc1. The zero-order valence-electron chi connectivity index (χ0n) is 20.4. The molecule has 3 aromatic rings. The highest BCUT2D eigenvalue weighted by Crippen LogP contribution is 2.44. The number of carbonyl (C=O) groups excluding carboxylic acids is 1. The fraction of sp³-hybridized carbons (Fsp3) is 0.276. The van der Waals surface area contributed by atoms with Gasteiger partial charge in [-0.15, -0.1) is 0 Å². The molecule has 3 aromatic carbocycles. The first kappa shape index (κ1) is 26.8. The number of nitrogens with one attached hydrogen (secondary N) is 1. The number of amides is 1. The molecule has 35 heavy (non-hydrogen) atoms. The largest absolute Gasteiger partial charge is 0.507 e. The van der Waals surface area contributed by atoms with Crippen LogP contribution in [0, 0.1) is 0 Å². The summed E-state index contributed by atoms with van der Waals surface area (Å²) in [5, 5.41) is 14.1. The fourth-order valence-corrected chi connectivity index (χ4v) is 5.82. The highest BCUT2D eigenvalue weighted by atomic mass is 33.1. The molecule has 0 atom stereocenters. The summed E-state index contributed by atoms with van der Waals surface area (Å²) >= 11 is 0. The summed E-state index contributed by atoms with van der Waals surface area (Å²) in [5.74, 6) is -0.247. The van der Waals surface area contributed by atoms with Crippen molar-refractivity contribution >= 4 is 44.6 Å². The monoisotopic (exact) mass is 506 g/mol. The molecule has 0 heterocycles. The van der Waals surface area contributed by atoms with Crippen molar-refractivity contribution < 1.29 is 9.90 Å². The van der Waals surface area contributed by atoms with Crippen LogP contribution >= 0.6 is 21.6 Å². The average Bonchev–Trinajstić information content (AvgIpc) is 2.89. The van der Waals surface area contributed by atoms with Crippen LogP contribution in [-0.2, 0) is 4.79 Å². The Morgan fingerprint density at radius 3 is 2.23 bits per heavy atom.